The molecule has 0 saturated heterocycles. The molecule has 1 heterocycles. The van der Waals surface area contributed by atoms with Crippen LogP contribution < -0.4 is 5.73 Å². The Hall–Kier alpha value is -1.20. The van der Waals surface area contributed by atoms with Crippen molar-refractivity contribution >= 4 is 33.3 Å². The second-order valence-electron chi connectivity index (χ2n) is 5.24. The Morgan fingerprint density at radius 2 is 1.95 bits per heavy atom. The van der Waals surface area contributed by atoms with E-state index < -0.39 is 0 Å². The zero-order valence-corrected chi connectivity index (χ0v) is 13.6. The lowest BCUT2D eigenvalue weighted by Gasteiger charge is -2.14. The summed E-state index contributed by atoms with van der Waals surface area (Å²) in [6, 6.07) is 4.19. The highest BCUT2D eigenvalue weighted by Crippen LogP contribution is 2.39. The molecule has 2 aromatic rings. The van der Waals surface area contributed by atoms with Gasteiger partial charge in [-0.2, -0.15) is 0 Å². The third-order valence-electron chi connectivity index (χ3n) is 3.82. The fourth-order valence-electron chi connectivity index (χ4n) is 2.74. The summed E-state index contributed by atoms with van der Waals surface area (Å²) in [6.07, 6.45) is 4.61. The van der Waals surface area contributed by atoms with E-state index in [0.29, 0.717) is 23.1 Å². The van der Waals surface area contributed by atoms with Gasteiger partial charge in [0.15, 0.2) is 5.82 Å². The predicted octanol–water partition coefficient (Wildman–Crippen LogP) is 4.94. The molecule has 1 aliphatic rings. The number of hydrogen-bond donors (Lipinski definition) is 1. The Morgan fingerprint density at radius 1 is 1.24 bits per heavy atom. The van der Waals surface area contributed by atoms with E-state index in [1.165, 1.54) is 25.0 Å². The molecule has 0 bridgehead atoms. The SMILES string of the molecule is Nc1nc(-c2ccc(F)cc2Cl)nc(C2CCCC2)c1Br. The fourth-order valence-corrected chi connectivity index (χ4v) is 3.50. The fraction of sp³-hybridized carbons (Fsp3) is 0.333. The number of rotatable bonds is 2. The van der Waals surface area contributed by atoms with E-state index in [-0.39, 0.29) is 10.8 Å². The lowest BCUT2D eigenvalue weighted by atomic mass is 10.0. The van der Waals surface area contributed by atoms with E-state index in [0.717, 1.165) is 23.0 Å². The molecule has 0 radical (unpaired) electrons. The topological polar surface area (TPSA) is 51.8 Å². The molecule has 1 aromatic heterocycles. The zero-order valence-electron chi connectivity index (χ0n) is 11.2. The van der Waals surface area contributed by atoms with Crippen molar-refractivity contribution in [2.24, 2.45) is 0 Å². The predicted molar refractivity (Wildman–Crippen MR) is 85.8 cm³/mol. The van der Waals surface area contributed by atoms with Gasteiger partial charge in [-0.1, -0.05) is 24.4 Å². The Bertz CT molecular complexity index is 687. The number of nitrogens with zero attached hydrogens (tertiary/aromatic N) is 2. The van der Waals surface area contributed by atoms with Crippen LogP contribution in [0.4, 0.5) is 10.2 Å². The summed E-state index contributed by atoms with van der Waals surface area (Å²) in [4.78, 5) is 8.91. The number of nitrogen functional groups attached to an aromatic ring is 1. The van der Waals surface area contributed by atoms with Gasteiger partial charge in [-0.15, -0.1) is 0 Å². The minimum absolute atomic E-state index is 0.286. The molecule has 0 unspecified atom stereocenters. The van der Waals surface area contributed by atoms with Crippen LogP contribution in [0.5, 0.6) is 0 Å². The van der Waals surface area contributed by atoms with Crippen LogP contribution in [-0.2, 0) is 0 Å². The molecule has 1 fully saturated rings. The van der Waals surface area contributed by atoms with Crippen LogP contribution in [0.25, 0.3) is 11.4 Å². The molecule has 1 aliphatic carbocycles. The lowest BCUT2D eigenvalue weighted by molar-refractivity contribution is 0.628. The Balaban J connectivity index is 2.10. The first-order valence-electron chi connectivity index (χ1n) is 6.84. The molecule has 6 heteroatoms. The highest BCUT2D eigenvalue weighted by molar-refractivity contribution is 9.10. The Morgan fingerprint density at radius 3 is 2.62 bits per heavy atom. The monoisotopic (exact) mass is 369 g/mol. The second kappa shape index (κ2) is 5.89. The van der Waals surface area contributed by atoms with Crippen molar-refractivity contribution in [1.82, 2.24) is 9.97 Å². The van der Waals surface area contributed by atoms with Gasteiger partial charge in [-0.05, 0) is 47.0 Å². The highest BCUT2D eigenvalue weighted by Gasteiger charge is 2.24. The average Bonchev–Trinajstić information content (AvgIpc) is 2.96. The van der Waals surface area contributed by atoms with Gasteiger partial charge in [0.1, 0.15) is 11.6 Å². The normalized spacial score (nSPS) is 15.6. The standard InChI is InChI=1S/C15H14BrClFN3/c16-12-13(8-3-1-2-4-8)20-15(21-14(12)19)10-6-5-9(18)7-11(10)17/h5-8H,1-4H2,(H2,19,20,21). The van der Waals surface area contributed by atoms with Crippen molar-refractivity contribution < 1.29 is 4.39 Å². The van der Waals surface area contributed by atoms with E-state index in [1.807, 2.05) is 0 Å². The molecular formula is C15H14BrClFN3. The van der Waals surface area contributed by atoms with Crippen LogP contribution in [0.2, 0.25) is 5.02 Å². The van der Waals surface area contributed by atoms with Crippen molar-refractivity contribution in [3.63, 3.8) is 0 Å². The van der Waals surface area contributed by atoms with Crippen molar-refractivity contribution in [3.8, 4) is 11.4 Å². The van der Waals surface area contributed by atoms with Gasteiger partial charge in [-0.3, -0.25) is 0 Å². The van der Waals surface area contributed by atoms with Gasteiger partial charge in [0.05, 0.1) is 15.2 Å². The van der Waals surface area contributed by atoms with E-state index in [4.69, 9.17) is 17.3 Å². The van der Waals surface area contributed by atoms with Crippen molar-refractivity contribution in [1.29, 1.82) is 0 Å². The van der Waals surface area contributed by atoms with E-state index >= 15 is 0 Å². The number of halogens is 3. The van der Waals surface area contributed by atoms with Crippen molar-refractivity contribution in [2.75, 3.05) is 5.73 Å². The van der Waals surface area contributed by atoms with Gasteiger partial charge in [0, 0.05) is 11.5 Å². The minimum atomic E-state index is -0.384. The van der Waals surface area contributed by atoms with Crippen molar-refractivity contribution in [3.05, 3.63) is 39.2 Å². The van der Waals surface area contributed by atoms with E-state index in [9.17, 15) is 4.39 Å². The summed E-state index contributed by atoms with van der Waals surface area (Å²) >= 11 is 9.58. The van der Waals surface area contributed by atoms with Crippen LogP contribution in [0.3, 0.4) is 0 Å². The third-order valence-corrected chi connectivity index (χ3v) is 4.94. The molecule has 110 valence electrons. The van der Waals surface area contributed by atoms with Gasteiger partial charge in [0.2, 0.25) is 0 Å². The van der Waals surface area contributed by atoms with Crippen LogP contribution in [-0.4, -0.2) is 9.97 Å². The Kier molecular flexibility index (Phi) is 4.13. The average molecular weight is 371 g/mol. The maximum atomic E-state index is 13.2. The number of hydrogen-bond acceptors (Lipinski definition) is 3. The first-order valence-corrected chi connectivity index (χ1v) is 8.01. The largest absolute Gasteiger partial charge is 0.383 e. The molecule has 3 rings (SSSR count). The number of anilines is 1. The van der Waals surface area contributed by atoms with Crippen LogP contribution in [0.1, 0.15) is 37.3 Å². The molecular weight excluding hydrogens is 357 g/mol. The molecule has 3 nitrogen and oxygen atoms in total. The summed E-state index contributed by atoms with van der Waals surface area (Å²) in [5, 5.41) is 0.286. The van der Waals surface area contributed by atoms with Gasteiger partial charge in [0.25, 0.3) is 0 Å². The van der Waals surface area contributed by atoms with E-state index in [2.05, 4.69) is 25.9 Å². The second-order valence-corrected chi connectivity index (χ2v) is 6.44. The zero-order chi connectivity index (χ0) is 15.0. The first-order chi connectivity index (χ1) is 10.1. The number of aromatic nitrogens is 2. The Labute approximate surface area is 135 Å². The van der Waals surface area contributed by atoms with Crippen molar-refractivity contribution in [2.45, 2.75) is 31.6 Å². The summed E-state index contributed by atoms with van der Waals surface area (Å²) in [6.45, 7) is 0. The summed E-state index contributed by atoms with van der Waals surface area (Å²) in [5.74, 6) is 0.845. The number of benzene rings is 1. The number of nitrogens with two attached hydrogens (primary N) is 1. The minimum Gasteiger partial charge on any atom is -0.383 e. The summed E-state index contributed by atoms with van der Waals surface area (Å²) < 4.78 is 13.9. The maximum Gasteiger partial charge on any atom is 0.163 e. The lowest BCUT2D eigenvalue weighted by Crippen LogP contribution is -2.06. The van der Waals surface area contributed by atoms with Crippen LogP contribution in [0.15, 0.2) is 22.7 Å². The molecule has 0 amide bonds. The molecule has 0 spiro atoms. The van der Waals surface area contributed by atoms with Gasteiger partial charge < -0.3 is 5.73 Å². The van der Waals surface area contributed by atoms with Gasteiger partial charge >= 0.3 is 0 Å². The van der Waals surface area contributed by atoms with E-state index in [1.54, 1.807) is 6.07 Å². The molecule has 0 atom stereocenters. The quantitative estimate of drug-likeness (QED) is 0.814. The molecule has 2 N–H and O–H groups in total. The molecule has 21 heavy (non-hydrogen) atoms. The highest BCUT2D eigenvalue weighted by atomic mass is 79.9. The summed E-state index contributed by atoms with van der Waals surface area (Å²) in [5.41, 5.74) is 7.51. The van der Waals surface area contributed by atoms with Gasteiger partial charge in [-0.25, -0.2) is 14.4 Å². The molecule has 0 aliphatic heterocycles. The third kappa shape index (κ3) is 2.90. The maximum absolute atomic E-state index is 13.2. The van der Waals surface area contributed by atoms with Crippen LogP contribution in [0, 0.1) is 5.82 Å². The molecule has 1 saturated carbocycles. The van der Waals surface area contributed by atoms with Crippen LogP contribution >= 0.6 is 27.5 Å². The summed E-state index contributed by atoms with van der Waals surface area (Å²) in [7, 11) is 0. The first kappa shape index (κ1) is 14.7. The smallest absolute Gasteiger partial charge is 0.163 e. The molecule has 1 aromatic carbocycles.